The van der Waals surface area contributed by atoms with Crippen LogP contribution in [0.25, 0.3) is 0 Å². The molecule has 0 aliphatic carbocycles. The van der Waals surface area contributed by atoms with Gasteiger partial charge in [0.05, 0.1) is 17.8 Å². The number of hydrogen-bond acceptors (Lipinski definition) is 3. The van der Waals surface area contributed by atoms with Crippen molar-refractivity contribution >= 4 is 29.1 Å². The Morgan fingerprint density at radius 3 is 2.50 bits per heavy atom. The minimum absolute atomic E-state index is 0.606. The molecule has 0 fully saturated rings. The highest BCUT2D eigenvalue weighted by atomic mass is 35.5. The van der Waals surface area contributed by atoms with Crippen LogP contribution in [0.2, 0.25) is 5.02 Å². The summed E-state index contributed by atoms with van der Waals surface area (Å²) in [6, 6.07) is 13.8. The van der Waals surface area contributed by atoms with Gasteiger partial charge in [-0.15, -0.1) is 11.8 Å². The van der Waals surface area contributed by atoms with Crippen molar-refractivity contribution in [1.29, 1.82) is 0 Å². The highest BCUT2D eigenvalue weighted by Gasteiger charge is 2.00. The van der Waals surface area contributed by atoms with Gasteiger partial charge in [-0.2, -0.15) is 0 Å². The average Bonchev–Trinajstić information content (AvgIpc) is 2.41. The highest BCUT2D eigenvalue weighted by Crippen LogP contribution is 2.28. The van der Waals surface area contributed by atoms with E-state index in [9.17, 15) is 0 Å². The summed E-state index contributed by atoms with van der Waals surface area (Å²) in [5.41, 5.74) is 7.53. The molecule has 0 atom stereocenters. The Hall–Kier alpha value is -1.32. The first-order valence-corrected chi connectivity index (χ1v) is 6.86. The Balaban J connectivity index is 1.99. The zero-order valence-electron chi connectivity index (χ0n) is 10.0. The van der Waals surface area contributed by atoms with E-state index in [0.29, 0.717) is 10.7 Å². The van der Waals surface area contributed by atoms with E-state index in [1.54, 1.807) is 18.9 Å². The summed E-state index contributed by atoms with van der Waals surface area (Å²) < 4.78 is 5.12. The normalized spacial score (nSPS) is 10.3. The average molecular weight is 280 g/mol. The lowest BCUT2D eigenvalue weighted by atomic mass is 10.2. The highest BCUT2D eigenvalue weighted by molar-refractivity contribution is 7.98. The molecule has 0 spiro atoms. The number of ether oxygens (including phenoxy) is 1. The second kappa shape index (κ2) is 6.03. The fourth-order valence-corrected chi connectivity index (χ4v) is 2.62. The van der Waals surface area contributed by atoms with Gasteiger partial charge in [0.15, 0.2) is 0 Å². The minimum Gasteiger partial charge on any atom is -0.497 e. The summed E-state index contributed by atoms with van der Waals surface area (Å²) >= 11 is 7.71. The van der Waals surface area contributed by atoms with E-state index >= 15 is 0 Å². The van der Waals surface area contributed by atoms with Crippen LogP contribution in [-0.2, 0) is 5.75 Å². The van der Waals surface area contributed by atoms with Crippen LogP contribution in [0.3, 0.4) is 0 Å². The predicted molar refractivity (Wildman–Crippen MR) is 78.4 cm³/mol. The van der Waals surface area contributed by atoms with Crippen molar-refractivity contribution < 1.29 is 4.74 Å². The summed E-state index contributed by atoms with van der Waals surface area (Å²) in [6.45, 7) is 0. The Labute approximate surface area is 116 Å². The van der Waals surface area contributed by atoms with Gasteiger partial charge in [0.2, 0.25) is 0 Å². The number of benzene rings is 2. The van der Waals surface area contributed by atoms with E-state index in [1.165, 1.54) is 5.56 Å². The number of nitrogens with two attached hydrogens (primary N) is 1. The lowest BCUT2D eigenvalue weighted by Gasteiger charge is -2.05. The van der Waals surface area contributed by atoms with Gasteiger partial charge in [-0.1, -0.05) is 23.7 Å². The molecule has 4 heteroatoms. The molecule has 2 rings (SSSR count). The maximum Gasteiger partial charge on any atom is 0.118 e. The quantitative estimate of drug-likeness (QED) is 0.672. The first kappa shape index (κ1) is 13.1. The summed E-state index contributed by atoms with van der Waals surface area (Å²) in [5, 5.41) is 0.606. The lowest BCUT2D eigenvalue weighted by molar-refractivity contribution is 0.414. The van der Waals surface area contributed by atoms with Crippen LogP contribution >= 0.6 is 23.4 Å². The summed E-state index contributed by atoms with van der Waals surface area (Å²) in [6.07, 6.45) is 0. The van der Waals surface area contributed by atoms with Gasteiger partial charge in [0.1, 0.15) is 5.75 Å². The second-order valence-corrected chi connectivity index (χ2v) is 5.28. The summed E-state index contributed by atoms with van der Waals surface area (Å²) in [4.78, 5) is 1.12. The molecule has 0 saturated carbocycles. The maximum absolute atomic E-state index is 5.98. The van der Waals surface area contributed by atoms with Gasteiger partial charge in [0, 0.05) is 10.6 Å². The molecule has 2 nitrogen and oxygen atoms in total. The zero-order chi connectivity index (χ0) is 13.0. The van der Waals surface area contributed by atoms with Crippen LogP contribution in [0.1, 0.15) is 5.56 Å². The molecule has 0 radical (unpaired) electrons. The first-order chi connectivity index (χ1) is 8.69. The van der Waals surface area contributed by atoms with Gasteiger partial charge in [-0.3, -0.25) is 0 Å². The van der Waals surface area contributed by atoms with E-state index < -0.39 is 0 Å². The van der Waals surface area contributed by atoms with Gasteiger partial charge in [-0.25, -0.2) is 0 Å². The summed E-state index contributed by atoms with van der Waals surface area (Å²) in [5.74, 6) is 1.77. The maximum atomic E-state index is 5.98. The third-order valence-corrected chi connectivity index (χ3v) is 3.93. The molecular formula is C14H14ClNOS. The van der Waals surface area contributed by atoms with E-state index in [4.69, 9.17) is 22.1 Å². The van der Waals surface area contributed by atoms with Crippen molar-refractivity contribution in [3.05, 3.63) is 53.1 Å². The largest absolute Gasteiger partial charge is 0.497 e. The molecule has 0 aromatic heterocycles. The topological polar surface area (TPSA) is 35.2 Å². The Morgan fingerprint density at radius 1 is 1.17 bits per heavy atom. The molecular weight excluding hydrogens is 266 g/mol. The van der Waals surface area contributed by atoms with Crippen LogP contribution < -0.4 is 10.5 Å². The molecule has 0 aliphatic rings. The van der Waals surface area contributed by atoms with Crippen molar-refractivity contribution in [2.75, 3.05) is 12.8 Å². The Bertz CT molecular complexity index is 528. The van der Waals surface area contributed by atoms with Crippen LogP contribution in [0.15, 0.2) is 47.4 Å². The van der Waals surface area contributed by atoms with Crippen molar-refractivity contribution in [2.24, 2.45) is 0 Å². The van der Waals surface area contributed by atoms with Crippen molar-refractivity contribution in [3.8, 4) is 5.75 Å². The molecule has 18 heavy (non-hydrogen) atoms. The lowest BCUT2D eigenvalue weighted by Crippen LogP contribution is -1.87. The molecule has 2 aromatic rings. The molecule has 94 valence electrons. The number of halogens is 1. The molecule has 0 saturated heterocycles. The van der Waals surface area contributed by atoms with Gasteiger partial charge in [0.25, 0.3) is 0 Å². The predicted octanol–water partition coefficient (Wildman–Crippen LogP) is 4.22. The number of hydrogen-bond donors (Lipinski definition) is 1. The molecule has 0 amide bonds. The zero-order valence-corrected chi connectivity index (χ0v) is 11.6. The van der Waals surface area contributed by atoms with Crippen molar-refractivity contribution in [3.63, 3.8) is 0 Å². The van der Waals surface area contributed by atoms with E-state index in [2.05, 4.69) is 12.1 Å². The number of anilines is 1. The Kier molecular flexibility index (Phi) is 4.39. The number of thioether (sulfide) groups is 1. The SMILES string of the molecule is COc1ccc(CSc2ccc(N)c(Cl)c2)cc1. The van der Waals surface area contributed by atoms with Gasteiger partial charge < -0.3 is 10.5 Å². The van der Waals surface area contributed by atoms with Crippen LogP contribution in [0, 0.1) is 0 Å². The second-order valence-electron chi connectivity index (χ2n) is 3.82. The molecule has 0 unspecified atom stereocenters. The van der Waals surface area contributed by atoms with E-state index in [0.717, 1.165) is 16.4 Å². The van der Waals surface area contributed by atoms with Crippen LogP contribution in [0.5, 0.6) is 5.75 Å². The first-order valence-electron chi connectivity index (χ1n) is 5.50. The monoisotopic (exact) mass is 279 g/mol. The molecule has 0 bridgehead atoms. The summed E-state index contributed by atoms with van der Waals surface area (Å²) in [7, 11) is 1.67. The van der Waals surface area contributed by atoms with Crippen molar-refractivity contribution in [1.82, 2.24) is 0 Å². The van der Waals surface area contributed by atoms with Gasteiger partial charge >= 0.3 is 0 Å². The molecule has 2 aromatic carbocycles. The molecule has 2 N–H and O–H groups in total. The number of rotatable bonds is 4. The van der Waals surface area contributed by atoms with Crippen LogP contribution in [-0.4, -0.2) is 7.11 Å². The van der Waals surface area contributed by atoms with E-state index in [1.807, 2.05) is 30.3 Å². The fraction of sp³-hybridized carbons (Fsp3) is 0.143. The van der Waals surface area contributed by atoms with Crippen LogP contribution in [0.4, 0.5) is 5.69 Å². The number of methoxy groups -OCH3 is 1. The molecule has 0 aliphatic heterocycles. The third kappa shape index (κ3) is 3.34. The Morgan fingerprint density at radius 2 is 1.89 bits per heavy atom. The fourth-order valence-electron chi connectivity index (χ4n) is 1.49. The minimum atomic E-state index is 0.606. The smallest absolute Gasteiger partial charge is 0.118 e. The standard InChI is InChI=1S/C14H14ClNOS/c1-17-11-4-2-10(3-5-11)9-18-12-6-7-14(16)13(15)8-12/h2-8H,9,16H2,1H3. The van der Waals surface area contributed by atoms with Crippen molar-refractivity contribution in [2.45, 2.75) is 10.6 Å². The van der Waals surface area contributed by atoms with E-state index in [-0.39, 0.29) is 0 Å². The third-order valence-electron chi connectivity index (χ3n) is 2.54. The van der Waals surface area contributed by atoms with Gasteiger partial charge in [-0.05, 0) is 35.9 Å². The number of nitrogen functional groups attached to an aromatic ring is 1. The molecule has 0 heterocycles.